The van der Waals surface area contributed by atoms with Crippen molar-refractivity contribution in [2.75, 3.05) is 0 Å². The van der Waals surface area contributed by atoms with Crippen LogP contribution in [0.15, 0.2) is 27.6 Å². The molecule has 7 heteroatoms. The van der Waals surface area contributed by atoms with Crippen LogP contribution < -0.4 is 5.63 Å². The van der Waals surface area contributed by atoms with Gasteiger partial charge in [0.15, 0.2) is 0 Å². The van der Waals surface area contributed by atoms with Crippen molar-refractivity contribution >= 4 is 12.3 Å². The zero-order valence-electron chi connectivity index (χ0n) is 20.4. The van der Waals surface area contributed by atoms with Gasteiger partial charge in [0.2, 0.25) is 0 Å². The highest BCUT2D eigenvalue weighted by Crippen LogP contribution is 2.71. The molecular weight excluding hydrogens is 448 g/mol. The topological polar surface area (TPSA) is 114 Å². The molecule has 5 fully saturated rings. The first kappa shape index (κ1) is 23.4. The second-order valence-electron chi connectivity index (χ2n) is 12.4. The Bertz CT molecular complexity index is 1070. The Morgan fingerprint density at radius 1 is 1.03 bits per heavy atom. The van der Waals surface area contributed by atoms with Crippen molar-refractivity contribution in [1.29, 1.82) is 0 Å². The lowest BCUT2D eigenvalue weighted by molar-refractivity contribution is -0.248. The molecule has 2 N–H and O–H groups in total. The van der Waals surface area contributed by atoms with E-state index in [1.807, 2.05) is 6.07 Å². The van der Waals surface area contributed by atoms with Crippen LogP contribution in [0.25, 0.3) is 0 Å². The third kappa shape index (κ3) is 3.19. The second-order valence-corrected chi connectivity index (χ2v) is 12.4. The van der Waals surface area contributed by atoms with Crippen molar-refractivity contribution < 1.29 is 29.0 Å². The first-order valence-corrected chi connectivity index (χ1v) is 13.4. The molecule has 35 heavy (non-hydrogen) atoms. The molecular formula is C28H36O7. The fraction of sp³-hybridized carbons (Fsp3) is 0.750. The largest absolute Gasteiger partial charge is 0.462 e. The van der Waals surface area contributed by atoms with Crippen LogP contribution >= 0.6 is 0 Å². The van der Waals surface area contributed by atoms with E-state index in [1.165, 1.54) is 12.3 Å². The predicted octanol–water partition coefficient (Wildman–Crippen LogP) is 3.50. The summed E-state index contributed by atoms with van der Waals surface area (Å²) in [7, 11) is 0. The summed E-state index contributed by atoms with van der Waals surface area (Å²) in [6.45, 7) is 2.15. The molecule has 1 heterocycles. The van der Waals surface area contributed by atoms with Crippen LogP contribution in [0.1, 0.15) is 89.0 Å². The molecule has 8 atom stereocenters. The molecule has 6 rings (SSSR count). The molecule has 8 unspecified atom stereocenters. The maximum Gasteiger partial charge on any atom is 0.335 e. The zero-order chi connectivity index (χ0) is 24.6. The summed E-state index contributed by atoms with van der Waals surface area (Å²) in [5.41, 5.74) is -2.93. The van der Waals surface area contributed by atoms with Gasteiger partial charge >= 0.3 is 11.6 Å². The highest BCUT2D eigenvalue weighted by atomic mass is 16.5. The Kier molecular flexibility index (Phi) is 5.19. The van der Waals surface area contributed by atoms with E-state index < -0.39 is 22.0 Å². The summed E-state index contributed by atoms with van der Waals surface area (Å²) in [4.78, 5) is 36.6. The summed E-state index contributed by atoms with van der Waals surface area (Å²) in [5.74, 6) is -0.274. The highest BCUT2D eigenvalue weighted by molar-refractivity contribution is 5.75. The summed E-state index contributed by atoms with van der Waals surface area (Å²) in [5, 5.41) is 24.2. The average molecular weight is 485 g/mol. The van der Waals surface area contributed by atoms with Crippen molar-refractivity contribution in [2.45, 2.75) is 101 Å². The maximum absolute atomic E-state index is 12.8. The molecule has 5 aliphatic carbocycles. The molecule has 7 nitrogen and oxygen atoms in total. The van der Waals surface area contributed by atoms with E-state index in [4.69, 9.17) is 9.15 Å². The summed E-state index contributed by atoms with van der Waals surface area (Å²) >= 11 is 0. The molecule has 0 aromatic carbocycles. The number of ether oxygens (including phenoxy) is 1. The molecule has 0 aliphatic heterocycles. The number of hydrogen-bond acceptors (Lipinski definition) is 7. The van der Waals surface area contributed by atoms with Gasteiger partial charge in [-0.05, 0) is 93.6 Å². The van der Waals surface area contributed by atoms with Gasteiger partial charge in [0.1, 0.15) is 12.4 Å². The van der Waals surface area contributed by atoms with Gasteiger partial charge in [-0.15, -0.1) is 0 Å². The Labute approximate surface area is 205 Å². The number of esters is 1. The third-order valence-corrected chi connectivity index (χ3v) is 11.0. The lowest BCUT2D eigenvalue weighted by atomic mass is 9.41. The summed E-state index contributed by atoms with van der Waals surface area (Å²) in [6.07, 6.45) is 9.26. The minimum absolute atomic E-state index is 0.0105. The number of aldehydes is 1. The minimum atomic E-state index is -1.21. The quantitative estimate of drug-likeness (QED) is 0.497. The average Bonchev–Trinajstić information content (AvgIpc) is 3.64. The molecule has 190 valence electrons. The number of hydrogen-bond donors (Lipinski definition) is 2. The van der Waals surface area contributed by atoms with Gasteiger partial charge in [-0.25, -0.2) is 4.79 Å². The van der Waals surface area contributed by atoms with Gasteiger partial charge in [0.25, 0.3) is 0 Å². The van der Waals surface area contributed by atoms with Crippen molar-refractivity contribution in [3.05, 3.63) is 34.4 Å². The van der Waals surface area contributed by atoms with Crippen molar-refractivity contribution in [3.63, 3.8) is 0 Å². The van der Waals surface area contributed by atoms with Crippen molar-refractivity contribution in [1.82, 2.24) is 0 Å². The first-order chi connectivity index (χ1) is 16.7. The molecule has 5 aliphatic rings. The highest BCUT2D eigenvalue weighted by Gasteiger charge is 2.71. The van der Waals surface area contributed by atoms with Crippen molar-refractivity contribution in [3.8, 4) is 0 Å². The van der Waals surface area contributed by atoms with E-state index in [0.717, 1.165) is 44.0 Å². The predicted molar refractivity (Wildman–Crippen MR) is 125 cm³/mol. The Morgan fingerprint density at radius 3 is 2.49 bits per heavy atom. The van der Waals surface area contributed by atoms with Gasteiger partial charge in [-0.2, -0.15) is 0 Å². The van der Waals surface area contributed by atoms with E-state index in [9.17, 15) is 24.6 Å². The van der Waals surface area contributed by atoms with Crippen LogP contribution in [0.3, 0.4) is 0 Å². The molecule has 5 saturated carbocycles. The van der Waals surface area contributed by atoms with Crippen LogP contribution in [-0.4, -0.2) is 39.8 Å². The van der Waals surface area contributed by atoms with Crippen molar-refractivity contribution in [2.24, 2.45) is 28.6 Å². The standard InChI is InChI=1S/C28H36O7/c1-25-10-7-21-22(28(25,33)13-9-20(25)18-4-5-23(30)34-15-18)8-12-27(32)14-19(6-11-26(21,27)16-29)35-24(31)17-2-3-17/h4-5,15-17,19-22,32-33H,2-3,6-14H2,1H3. The van der Waals surface area contributed by atoms with E-state index >= 15 is 0 Å². The molecule has 0 amide bonds. The number of aliphatic hydroxyl groups is 2. The van der Waals surface area contributed by atoms with E-state index in [1.54, 1.807) is 0 Å². The Morgan fingerprint density at radius 2 is 1.80 bits per heavy atom. The van der Waals surface area contributed by atoms with Crippen LogP contribution in [0.2, 0.25) is 0 Å². The van der Waals surface area contributed by atoms with Gasteiger partial charge < -0.3 is 24.2 Å². The first-order valence-electron chi connectivity index (χ1n) is 13.4. The van der Waals surface area contributed by atoms with E-state index in [-0.39, 0.29) is 41.4 Å². The number of fused-ring (bicyclic) bond motifs is 5. The van der Waals surface area contributed by atoms with Gasteiger partial charge in [-0.3, -0.25) is 4.79 Å². The summed E-state index contributed by atoms with van der Waals surface area (Å²) < 4.78 is 10.9. The molecule has 0 radical (unpaired) electrons. The lowest BCUT2D eigenvalue weighted by Gasteiger charge is -2.65. The smallest absolute Gasteiger partial charge is 0.335 e. The monoisotopic (exact) mass is 484 g/mol. The van der Waals surface area contributed by atoms with Gasteiger partial charge in [-0.1, -0.05) is 6.92 Å². The maximum atomic E-state index is 12.8. The molecule has 1 aromatic rings. The van der Waals surface area contributed by atoms with E-state index in [2.05, 4.69) is 6.92 Å². The van der Waals surface area contributed by atoms with E-state index in [0.29, 0.717) is 38.5 Å². The number of rotatable bonds is 4. The number of carbonyl (C=O) groups excluding carboxylic acids is 2. The minimum Gasteiger partial charge on any atom is -0.462 e. The fourth-order valence-corrected chi connectivity index (χ4v) is 8.91. The number of carbonyl (C=O) groups is 2. The molecule has 0 saturated heterocycles. The molecule has 0 spiro atoms. The fourth-order valence-electron chi connectivity index (χ4n) is 8.91. The second kappa shape index (κ2) is 7.75. The molecule has 0 bridgehead atoms. The Hall–Kier alpha value is -1.99. The van der Waals surface area contributed by atoms with Crippen LogP contribution in [-0.2, 0) is 14.3 Å². The lowest BCUT2D eigenvalue weighted by Crippen LogP contribution is -2.68. The van der Waals surface area contributed by atoms with Crippen LogP contribution in [0.5, 0.6) is 0 Å². The SMILES string of the molecule is CC12CCC3C(CCC4(O)CC(OC(=O)C5CC5)CCC34C=O)C1(O)CCC2c1ccc(=O)oc1. The third-order valence-electron chi connectivity index (χ3n) is 11.0. The molecule has 1 aromatic heterocycles. The van der Waals surface area contributed by atoms with Crippen LogP contribution in [0, 0.1) is 28.6 Å². The normalized spacial score (nSPS) is 46.7. The van der Waals surface area contributed by atoms with Gasteiger partial charge in [0, 0.05) is 17.9 Å². The van der Waals surface area contributed by atoms with Crippen LogP contribution in [0.4, 0.5) is 0 Å². The Balaban J connectivity index is 1.28. The zero-order valence-corrected chi connectivity index (χ0v) is 20.4. The van der Waals surface area contributed by atoms with Gasteiger partial charge in [0.05, 0.1) is 28.8 Å². The summed E-state index contributed by atoms with van der Waals surface area (Å²) in [6, 6.07) is 3.26.